The fourth-order valence-corrected chi connectivity index (χ4v) is 1.27. The van der Waals surface area contributed by atoms with E-state index in [9.17, 15) is 0 Å². The van der Waals surface area contributed by atoms with Crippen LogP contribution in [-0.4, -0.2) is 5.88 Å². The molecule has 1 aromatic rings. The van der Waals surface area contributed by atoms with E-state index in [1.165, 1.54) is 16.8 Å². The first-order valence-electron chi connectivity index (χ1n) is 3.66. The lowest BCUT2D eigenvalue weighted by molar-refractivity contribution is 1.34. The molecule has 0 unspecified atom stereocenters. The summed E-state index contributed by atoms with van der Waals surface area (Å²) in [4.78, 5) is 0. The summed E-state index contributed by atoms with van der Waals surface area (Å²) in [5.41, 5.74) is 3.75. The van der Waals surface area contributed by atoms with Crippen LogP contribution in [0.1, 0.15) is 11.1 Å². The Hall–Kier alpha value is -0.630. The van der Waals surface area contributed by atoms with Crippen molar-refractivity contribution in [2.24, 2.45) is 0 Å². The van der Waals surface area contributed by atoms with Gasteiger partial charge < -0.3 is 5.32 Å². The van der Waals surface area contributed by atoms with E-state index >= 15 is 0 Å². The molecule has 0 atom stereocenters. The van der Waals surface area contributed by atoms with Gasteiger partial charge in [0.05, 0.1) is 5.88 Å². The third-order valence-electron chi connectivity index (χ3n) is 1.65. The van der Waals surface area contributed by atoms with Crippen LogP contribution >= 0.6 is 12.6 Å². The van der Waals surface area contributed by atoms with Gasteiger partial charge in [-0.3, -0.25) is 0 Å². The third kappa shape index (κ3) is 2.15. The van der Waals surface area contributed by atoms with Crippen LogP contribution in [0.15, 0.2) is 18.2 Å². The van der Waals surface area contributed by atoms with Gasteiger partial charge in [-0.1, -0.05) is 17.7 Å². The molecular weight excluding hydrogens is 154 g/mol. The van der Waals surface area contributed by atoms with E-state index in [1.807, 2.05) is 0 Å². The number of anilines is 1. The molecule has 0 aliphatic carbocycles. The number of thiol groups is 1. The fraction of sp³-hybridized carbons (Fsp3) is 0.333. The SMILES string of the molecule is Cc1ccc(NCS)c(C)c1. The molecule has 1 aromatic carbocycles. The van der Waals surface area contributed by atoms with E-state index < -0.39 is 0 Å². The molecule has 0 spiro atoms. The molecule has 1 rings (SSSR count). The van der Waals surface area contributed by atoms with Crippen molar-refractivity contribution in [1.29, 1.82) is 0 Å². The summed E-state index contributed by atoms with van der Waals surface area (Å²) < 4.78 is 0. The van der Waals surface area contributed by atoms with Crippen LogP contribution in [0.4, 0.5) is 5.69 Å². The number of rotatable bonds is 2. The molecule has 0 aliphatic heterocycles. The first-order valence-corrected chi connectivity index (χ1v) is 4.29. The zero-order valence-corrected chi connectivity index (χ0v) is 7.78. The van der Waals surface area contributed by atoms with Crippen LogP contribution in [0.2, 0.25) is 0 Å². The Bertz CT molecular complexity index is 245. The predicted molar refractivity (Wildman–Crippen MR) is 53.4 cm³/mol. The second-order valence-electron chi connectivity index (χ2n) is 2.65. The van der Waals surface area contributed by atoms with E-state index in [4.69, 9.17) is 0 Å². The molecule has 1 nitrogen and oxygen atoms in total. The molecule has 1 N–H and O–H groups in total. The fourth-order valence-electron chi connectivity index (χ4n) is 1.10. The third-order valence-corrected chi connectivity index (χ3v) is 1.81. The molecule has 0 fully saturated rings. The van der Waals surface area contributed by atoms with Crippen LogP contribution < -0.4 is 5.32 Å². The minimum Gasteiger partial charge on any atom is -0.376 e. The van der Waals surface area contributed by atoms with Gasteiger partial charge >= 0.3 is 0 Å². The smallest absolute Gasteiger partial charge is 0.0581 e. The standard InChI is InChI=1S/C9H13NS/c1-7-3-4-9(10-6-11)8(2)5-7/h3-5,10-11H,6H2,1-2H3. The lowest BCUT2D eigenvalue weighted by Gasteiger charge is -2.06. The van der Waals surface area contributed by atoms with E-state index in [-0.39, 0.29) is 0 Å². The Morgan fingerprint density at radius 2 is 2.09 bits per heavy atom. The molecule has 0 aliphatic rings. The molecule has 60 valence electrons. The second kappa shape index (κ2) is 3.67. The lowest BCUT2D eigenvalue weighted by atomic mass is 10.1. The molecule has 0 saturated carbocycles. The lowest BCUT2D eigenvalue weighted by Crippen LogP contribution is -1.96. The van der Waals surface area contributed by atoms with Crippen molar-refractivity contribution in [3.63, 3.8) is 0 Å². The van der Waals surface area contributed by atoms with E-state index in [1.54, 1.807) is 0 Å². The second-order valence-corrected chi connectivity index (χ2v) is 2.97. The maximum absolute atomic E-state index is 4.09. The molecule has 0 bridgehead atoms. The van der Waals surface area contributed by atoms with Crippen LogP contribution in [0.3, 0.4) is 0 Å². The average Bonchev–Trinajstić information content (AvgIpc) is 1.95. The topological polar surface area (TPSA) is 12.0 Å². The molecular formula is C9H13NS. The molecule has 2 heteroatoms. The highest BCUT2D eigenvalue weighted by Gasteiger charge is 1.94. The number of hydrogen-bond donors (Lipinski definition) is 2. The number of benzene rings is 1. The average molecular weight is 167 g/mol. The Morgan fingerprint density at radius 3 is 2.64 bits per heavy atom. The molecule has 0 saturated heterocycles. The van der Waals surface area contributed by atoms with Gasteiger partial charge in [0.15, 0.2) is 0 Å². The van der Waals surface area contributed by atoms with Crippen LogP contribution in [0.5, 0.6) is 0 Å². The summed E-state index contributed by atoms with van der Waals surface area (Å²) >= 11 is 4.09. The minimum atomic E-state index is 0.684. The summed E-state index contributed by atoms with van der Waals surface area (Å²) in [6.45, 7) is 4.19. The number of nitrogens with one attached hydrogen (secondary N) is 1. The summed E-state index contributed by atoms with van der Waals surface area (Å²) in [6.07, 6.45) is 0. The molecule has 0 amide bonds. The van der Waals surface area contributed by atoms with Crippen LogP contribution in [-0.2, 0) is 0 Å². The summed E-state index contributed by atoms with van der Waals surface area (Å²) in [7, 11) is 0. The van der Waals surface area contributed by atoms with Crippen molar-refractivity contribution in [3.8, 4) is 0 Å². The van der Waals surface area contributed by atoms with E-state index in [2.05, 4.69) is 50.0 Å². The first kappa shape index (κ1) is 8.47. The van der Waals surface area contributed by atoms with Crippen LogP contribution in [0.25, 0.3) is 0 Å². The van der Waals surface area contributed by atoms with Gasteiger partial charge in [0.2, 0.25) is 0 Å². The van der Waals surface area contributed by atoms with Crippen molar-refractivity contribution >= 4 is 18.3 Å². The summed E-state index contributed by atoms with van der Waals surface area (Å²) in [5.74, 6) is 0.684. The molecule has 11 heavy (non-hydrogen) atoms. The normalized spacial score (nSPS) is 9.73. The molecule has 0 aromatic heterocycles. The first-order chi connectivity index (χ1) is 5.24. The summed E-state index contributed by atoms with van der Waals surface area (Å²) in [5, 5.41) is 3.17. The predicted octanol–water partition coefficient (Wildman–Crippen LogP) is 2.60. The monoisotopic (exact) mass is 167 g/mol. The van der Waals surface area contributed by atoms with Crippen molar-refractivity contribution in [3.05, 3.63) is 29.3 Å². The van der Waals surface area contributed by atoms with Gasteiger partial charge in [-0.15, -0.1) is 0 Å². The number of hydrogen-bond acceptors (Lipinski definition) is 2. The van der Waals surface area contributed by atoms with Crippen molar-refractivity contribution in [2.75, 3.05) is 11.2 Å². The highest BCUT2D eigenvalue weighted by atomic mass is 32.1. The zero-order chi connectivity index (χ0) is 8.27. The van der Waals surface area contributed by atoms with Gasteiger partial charge in [-0.05, 0) is 25.5 Å². The Labute approximate surface area is 73.2 Å². The quantitative estimate of drug-likeness (QED) is 0.509. The zero-order valence-electron chi connectivity index (χ0n) is 6.89. The van der Waals surface area contributed by atoms with Gasteiger partial charge in [0.1, 0.15) is 0 Å². The Kier molecular flexibility index (Phi) is 2.83. The van der Waals surface area contributed by atoms with E-state index in [0.717, 1.165) is 0 Å². The van der Waals surface area contributed by atoms with Gasteiger partial charge in [-0.25, -0.2) is 0 Å². The highest BCUT2D eigenvalue weighted by molar-refractivity contribution is 7.80. The van der Waals surface area contributed by atoms with Crippen LogP contribution in [0, 0.1) is 13.8 Å². The van der Waals surface area contributed by atoms with Gasteiger partial charge in [0.25, 0.3) is 0 Å². The van der Waals surface area contributed by atoms with Crippen molar-refractivity contribution in [2.45, 2.75) is 13.8 Å². The Morgan fingerprint density at radius 1 is 1.36 bits per heavy atom. The van der Waals surface area contributed by atoms with Gasteiger partial charge in [-0.2, -0.15) is 12.6 Å². The van der Waals surface area contributed by atoms with Gasteiger partial charge in [0, 0.05) is 5.69 Å². The maximum atomic E-state index is 4.09. The highest BCUT2D eigenvalue weighted by Crippen LogP contribution is 2.15. The molecule has 0 heterocycles. The van der Waals surface area contributed by atoms with Crippen molar-refractivity contribution in [1.82, 2.24) is 0 Å². The largest absolute Gasteiger partial charge is 0.376 e. The molecule has 0 radical (unpaired) electrons. The van der Waals surface area contributed by atoms with E-state index in [0.29, 0.717) is 5.88 Å². The number of aryl methyl sites for hydroxylation is 2. The Balaban J connectivity index is 2.90. The van der Waals surface area contributed by atoms with Crippen molar-refractivity contribution < 1.29 is 0 Å². The maximum Gasteiger partial charge on any atom is 0.0581 e. The summed E-state index contributed by atoms with van der Waals surface area (Å²) in [6, 6.07) is 6.34. The minimum absolute atomic E-state index is 0.684.